The molecular formula is C23H17ClF3N5O2. The molecule has 2 aromatic heterocycles. The quantitative estimate of drug-likeness (QED) is 0.445. The Morgan fingerprint density at radius 2 is 1.59 bits per heavy atom. The third-order valence-corrected chi connectivity index (χ3v) is 5.52. The fraction of sp³-hybridized carbons (Fsp3) is 0.130. The zero-order valence-corrected chi connectivity index (χ0v) is 18.6. The van der Waals surface area contributed by atoms with Crippen LogP contribution < -0.4 is 10.6 Å². The van der Waals surface area contributed by atoms with Gasteiger partial charge in [0.25, 0.3) is 11.8 Å². The van der Waals surface area contributed by atoms with Gasteiger partial charge in [-0.05, 0) is 18.2 Å². The monoisotopic (exact) mass is 487 g/mol. The molecule has 2 aromatic carbocycles. The van der Waals surface area contributed by atoms with Crippen LogP contribution in [-0.2, 0) is 6.18 Å². The molecule has 0 atom stereocenters. The average molecular weight is 488 g/mol. The van der Waals surface area contributed by atoms with Gasteiger partial charge in [0.2, 0.25) is 0 Å². The molecule has 2 heterocycles. The van der Waals surface area contributed by atoms with Crippen molar-refractivity contribution in [3.05, 3.63) is 76.6 Å². The second kappa shape index (κ2) is 8.79. The zero-order valence-electron chi connectivity index (χ0n) is 17.9. The van der Waals surface area contributed by atoms with Gasteiger partial charge in [0.05, 0.1) is 11.3 Å². The molecule has 4 rings (SSSR count). The fourth-order valence-corrected chi connectivity index (χ4v) is 3.81. The van der Waals surface area contributed by atoms with E-state index in [0.29, 0.717) is 27.4 Å². The summed E-state index contributed by atoms with van der Waals surface area (Å²) in [6, 6.07) is 11.3. The Morgan fingerprint density at radius 3 is 2.18 bits per heavy atom. The highest BCUT2D eigenvalue weighted by Gasteiger charge is 2.31. The molecule has 0 bridgehead atoms. The molecule has 174 valence electrons. The van der Waals surface area contributed by atoms with Gasteiger partial charge in [-0.15, -0.1) is 0 Å². The van der Waals surface area contributed by atoms with Gasteiger partial charge in [0.15, 0.2) is 11.3 Å². The molecule has 0 aliphatic rings. The minimum absolute atomic E-state index is 0.0589. The van der Waals surface area contributed by atoms with Crippen LogP contribution in [0.3, 0.4) is 0 Å². The molecular weight excluding hydrogens is 471 g/mol. The summed E-state index contributed by atoms with van der Waals surface area (Å²) in [5.74, 6) is -1.22. The summed E-state index contributed by atoms with van der Waals surface area (Å²) in [6.45, 7) is 0. The van der Waals surface area contributed by atoms with E-state index >= 15 is 0 Å². The van der Waals surface area contributed by atoms with Crippen molar-refractivity contribution in [1.29, 1.82) is 0 Å². The van der Waals surface area contributed by atoms with Crippen LogP contribution in [0.5, 0.6) is 0 Å². The van der Waals surface area contributed by atoms with Crippen molar-refractivity contribution in [3.63, 3.8) is 0 Å². The first-order valence-corrected chi connectivity index (χ1v) is 10.3. The number of halogens is 4. The lowest BCUT2D eigenvalue weighted by atomic mass is 9.99. The number of hydrogen-bond acceptors (Lipinski definition) is 4. The van der Waals surface area contributed by atoms with Crippen molar-refractivity contribution >= 4 is 29.1 Å². The van der Waals surface area contributed by atoms with Crippen LogP contribution >= 0.6 is 11.6 Å². The highest BCUT2D eigenvalue weighted by Crippen LogP contribution is 2.38. The summed E-state index contributed by atoms with van der Waals surface area (Å²) in [5.41, 5.74) is 0.651. The van der Waals surface area contributed by atoms with Crippen molar-refractivity contribution in [2.24, 2.45) is 0 Å². The van der Waals surface area contributed by atoms with E-state index in [9.17, 15) is 22.8 Å². The second-order valence-electron chi connectivity index (χ2n) is 7.19. The number of benzene rings is 2. The van der Waals surface area contributed by atoms with Gasteiger partial charge in [-0.2, -0.15) is 18.3 Å². The summed E-state index contributed by atoms with van der Waals surface area (Å²) in [4.78, 5) is 29.5. The maximum absolute atomic E-state index is 13.2. The predicted molar refractivity (Wildman–Crippen MR) is 121 cm³/mol. The predicted octanol–water partition coefficient (Wildman–Crippen LogP) is 4.45. The molecule has 0 aliphatic carbocycles. The Kier molecular flexibility index (Phi) is 6.01. The van der Waals surface area contributed by atoms with Crippen LogP contribution in [0.25, 0.3) is 28.0 Å². The van der Waals surface area contributed by atoms with Gasteiger partial charge in [0.1, 0.15) is 5.56 Å². The largest absolute Gasteiger partial charge is 0.416 e. The maximum atomic E-state index is 13.2. The minimum atomic E-state index is -4.51. The summed E-state index contributed by atoms with van der Waals surface area (Å²) in [7, 11) is 2.79. The Morgan fingerprint density at radius 1 is 0.941 bits per heavy atom. The fourth-order valence-electron chi connectivity index (χ4n) is 3.57. The van der Waals surface area contributed by atoms with Crippen LogP contribution in [0.4, 0.5) is 13.2 Å². The molecule has 0 saturated carbocycles. The number of nitrogens with one attached hydrogen (secondary N) is 2. The van der Waals surface area contributed by atoms with Crippen molar-refractivity contribution < 1.29 is 22.8 Å². The highest BCUT2D eigenvalue weighted by molar-refractivity contribution is 6.33. The number of alkyl halides is 3. The number of aromatic nitrogens is 3. The average Bonchev–Trinajstić information content (AvgIpc) is 3.22. The molecule has 0 radical (unpaired) electrons. The van der Waals surface area contributed by atoms with E-state index in [-0.39, 0.29) is 16.9 Å². The molecule has 0 fully saturated rings. The third kappa shape index (κ3) is 3.96. The number of amides is 2. The molecule has 0 spiro atoms. The number of fused-ring (bicyclic) bond motifs is 1. The second-order valence-corrected chi connectivity index (χ2v) is 7.60. The first-order valence-electron chi connectivity index (χ1n) is 9.95. The van der Waals surface area contributed by atoms with Crippen LogP contribution in [0.2, 0.25) is 5.02 Å². The number of rotatable bonds is 4. The summed E-state index contributed by atoms with van der Waals surface area (Å²) < 4.78 is 40.7. The van der Waals surface area contributed by atoms with E-state index in [0.717, 1.165) is 12.1 Å². The molecule has 0 saturated heterocycles. The summed E-state index contributed by atoms with van der Waals surface area (Å²) >= 11 is 6.40. The van der Waals surface area contributed by atoms with Crippen molar-refractivity contribution in [2.75, 3.05) is 14.1 Å². The van der Waals surface area contributed by atoms with Crippen molar-refractivity contribution in [1.82, 2.24) is 25.2 Å². The van der Waals surface area contributed by atoms with Gasteiger partial charge < -0.3 is 10.6 Å². The van der Waals surface area contributed by atoms with Crippen LogP contribution in [0.1, 0.15) is 26.4 Å². The first kappa shape index (κ1) is 23.2. The lowest BCUT2D eigenvalue weighted by molar-refractivity contribution is -0.137. The standard InChI is InChI=1S/C23H17ClF3N5O2/c1-28-21(33)17-18(22(34)29-2)31-32-19(12-7-9-13(10-8-12)23(25,26)27)15(11-30-20(17)32)14-5-3-4-6-16(14)24/h3-11H,1-2H3,(H,28,33)(H,29,34). The van der Waals surface area contributed by atoms with Gasteiger partial charge in [-0.3, -0.25) is 9.59 Å². The Balaban J connectivity index is 2.10. The molecule has 0 unspecified atom stereocenters. The van der Waals surface area contributed by atoms with Gasteiger partial charge in [0, 0.05) is 42.0 Å². The molecule has 7 nitrogen and oxygen atoms in total. The number of carbonyl (C=O) groups is 2. The lowest BCUT2D eigenvalue weighted by Gasteiger charge is -2.14. The number of carbonyl (C=O) groups excluding carboxylic acids is 2. The van der Waals surface area contributed by atoms with E-state index in [1.54, 1.807) is 24.3 Å². The molecule has 4 aromatic rings. The van der Waals surface area contributed by atoms with E-state index in [1.165, 1.54) is 36.9 Å². The molecule has 0 aliphatic heterocycles. The number of nitrogens with zero attached hydrogens (tertiary/aromatic N) is 3. The number of hydrogen-bond donors (Lipinski definition) is 2. The van der Waals surface area contributed by atoms with E-state index in [1.807, 2.05) is 0 Å². The Bertz CT molecular complexity index is 1410. The van der Waals surface area contributed by atoms with Gasteiger partial charge in [-0.25, -0.2) is 9.50 Å². The molecule has 11 heteroatoms. The summed E-state index contributed by atoms with van der Waals surface area (Å²) in [6.07, 6.45) is -3.06. The van der Waals surface area contributed by atoms with Gasteiger partial charge >= 0.3 is 6.18 Å². The molecule has 2 amide bonds. The third-order valence-electron chi connectivity index (χ3n) is 5.19. The van der Waals surface area contributed by atoms with E-state index < -0.39 is 23.6 Å². The van der Waals surface area contributed by atoms with E-state index in [2.05, 4.69) is 20.7 Å². The van der Waals surface area contributed by atoms with Crippen LogP contribution in [0.15, 0.2) is 54.7 Å². The van der Waals surface area contributed by atoms with Gasteiger partial charge in [-0.1, -0.05) is 41.9 Å². The SMILES string of the molecule is CNC(=O)c1nn2c(-c3ccc(C(F)(F)F)cc3)c(-c3ccccc3Cl)cnc2c1C(=O)NC. The Hall–Kier alpha value is -3.92. The highest BCUT2D eigenvalue weighted by atomic mass is 35.5. The van der Waals surface area contributed by atoms with Crippen molar-refractivity contribution in [2.45, 2.75) is 6.18 Å². The smallest absolute Gasteiger partial charge is 0.355 e. The van der Waals surface area contributed by atoms with Crippen LogP contribution in [-0.4, -0.2) is 40.5 Å². The molecule has 2 N–H and O–H groups in total. The maximum Gasteiger partial charge on any atom is 0.416 e. The Labute approximate surface area is 196 Å². The topological polar surface area (TPSA) is 88.4 Å². The van der Waals surface area contributed by atoms with Crippen molar-refractivity contribution in [3.8, 4) is 22.4 Å². The zero-order chi connectivity index (χ0) is 24.6. The van der Waals surface area contributed by atoms with Crippen LogP contribution in [0, 0.1) is 0 Å². The summed E-state index contributed by atoms with van der Waals surface area (Å²) in [5, 5.41) is 9.60. The molecule has 34 heavy (non-hydrogen) atoms. The first-order chi connectivity index (χ1) is 16.2. The normalized spacial score (nSPS) is 11.5. The van der Waals surface area contributed by atoms with E-state index in [4.69, 9.17) is 11.6 Å². The lowest BCUT2D eigenvalue weighted by Crippen LogP contribution is -2.25. The minimum Gasteiger partial charge on any atom is -0.355 e.